The summed E-state index contributed by atoms with van der Waals surface area (Å²) in [5, 5.41) is 19.9. The molecule has 0 bridgehead atoms. The van der Waals surface area contributed by atoms with Crippen molar-refractivity contribution in [1.82, 2.24) is 5.32 Å². The monoisotopic (exact) mass is 299 g/mol. The van der Waals surface area contributed by atoms with Crippen LogP contribution in [0.4, 0.5) is 0 Å². The van der Waals surface area contributed by atoms with E-state index in [0.717, 1.165) is 0 Å². The Labute approximate surface area is 121 Å². The largest absolute Gasteiger partial charge is 0.496 e. The molecule has 1 rings (SSSR count). The Morgan fingerprint density at radius 1 is 1.10 bits per heavy atom. The molecular weight excluding hydrogens is 282 g/mol. The Kier molecular flexibility index (Phi) is 5.79. The van der Waals surface area contributed by atoms with Crippen molar-refractivity contribution in [3.63, 3.8) is 0 Å². The topological polar surface area (TPSA) is 114 Å². The van der Waals surface area contributed by atoms with Gasteiger partial charge in [-0.3, -0.25) is 4.79 Å². The minimum atomic E-state index is -1.41. The van der Waals surface area contributed by atoms with Gasteiger partial charge in [-0.2, -0.15) is 0 Å². The van der Waals surface area contributed by atoms with Crippen LogP contribution in [0.25, 0.3) is 0 Å². The summed E-state index contributed by atoms with van der Waals surface area (Å²) in [6.07, 6.45) is 0. The van der Waals surface area contributed by atoms with Crippen molar-refractivity contribution >= 4 is 11.9 Å². The molecule has 1 aromatic rings. The third kappa shape index (κ3) is 3.76. The zero-order valence-corrected chi connectivity index (χ0v) is 11.9. The van der Waals surface area contributed by atoms with E-state index in [2.05, 4.69) is 5.32 Å². The molecule has 0 aliphatic rings. The first kappa shape index (κ1) is 16.6. The number of hydrogen-bond acceptors (Lipinski definition) is 6. The molecule has 0 spiro atoms. The summed E-state index contributed by atoms with van der Waals surface area (Å²) < 4.78 is 15.2. The second-order valence-corrected chi connectivity index (χ2v) is 3.95. The lowest BCUT2D eigenvalue weighted by Gasteiger charge is -2.16. The van der Waals surface area contributed by atoms with E-state index < -0.39 is 24.5 Å². The Hall–Kier alpha value is -2.48. The number of ether oxygens (including phenoxy) is 3. The molecule has 8 heteroatoms. The number of carboxylic acids is 1. The van der Waals surface area contributed by atoms with Gasteiger partial charge in [-0.05, 0) is 0 Å². The van der Waals surface area contributed by atoms with E-state index in [9.17, 15) is 9.59 Å². The highest BCUT2D eigenvalue weighted by atomic mass is 16.5. The van der Waals surface area contributed by atoms with Crippen LogP contribution in [-0.2, 0) is 4.79 Å². The molecule has 1 amide bonds. The number of benzene rings is 1. The molecule has 0 saturated heterocycles. The number of carbonyl (C=O) groups is 2. The number of aliphatic carboxylic acids is 1. The van der Waals surface area contributed by atoms with Crippen LogP contribution in [0.3, 0.4) is 0 Å². The number of carbonyl (C=O) groups excluding carboxylic acids is 1. The fourth-order valence-corrected chi connectivity index (χ4v) is 1.63. The van der Waals surface area contributed by atoms with E-state index in [-0.39, 0.29) is 11.3 Å². The van der Waals surface area contributed by atoms with Gasteiger partial charge in [-0.1, -0.05) is 0 Å². The number of nitrogens with one attached hydrogen (secondary N) is 1. The second kappa shape index (κ2) is 7.34. The molecule has 0 unspecified atom stereocenters. The maximum Gasteiger partial charge on any atom is 0.328 e. The lowest BCUT2D eigenvalue weighted by atomic mass is 10.1. The van der Waals surface area contributed by atoms with Crippen LogP contribution >= 0.6 is 0 Å². The summed E-state index contributed by atoms with van der Waals surface area (Å²) in [6, 6.07) is 1.40. The number of aliphatic hydroxyl groups is 1. The summed E-state index contributed by atoms with van der Waals surface area (Å²) in [5.41, 5.74) is 0.0647. The molecule has 0 fully saturated rings. The van der Waals surface area contributed by atoms with E-state index in [1.807, 2.05) is 0 Å². The minimum absolute atomic E-state index is 0.0647. The zero-order valence-electron chi connectivity index (χ0n) is 11.9. The van der Waals surface area contributed by atoms with Gasteiger partial charge in [0.25, 0.3) is 5.91 Å². The summed E-state index contributed by atoms with van der Waals surface area (Å²) in [4.78, 5) is 22.9. The molecule has 21 heavy (non-hydrogen) atoms. The van der Waals surface area contributed by atoms with Gasteiger partial charge in [0.2, 0.25) is 0 Å². The van der Waals surface area contributed by atoms with Gasteiger partial charge in [0.1, 0.15) is 5.75 Å². The van der Waals surface area contributed by atoms with Crippen LogP contribution in [0.1, 0.15) is 10.4 Å². The molecule has 0 saturated carbocycles. The van der Waals surface area contributed by atoms with Crippen LogP contribution in [0.15, 0.2) is 12.1 Å². The summed E-state index contributed by atoms with van der Waals surface area (Å²) in [7, 11) is 4.20. The van der Waals surface area contributed by atoms with Gasteiger partial charge < -0.3 is 29.7 Å². The number of rotatable bonds is 7. The molecule has 3 N–H and O–H groups in total. The fourth-order valence-electron chi connectivity index (χ4n) is 1.63. The van der Waals surface area contributed by atoms with Crippen LogP contribution < -0.4 is 19.5 Å². The van der Waals surface area contributed by atoms with Crippen molar-refractivity contribution in [2.75, 3.05) is 27.9 Å². The second-order valence-electron chi connectivity index (χ2n) is 3.95. The van der Waals surface area contributed by atoms with Crippen molar-refractivity contribution in [3.8, 4) is 17.2 Å². The molecule has 0 aliphatic carbocycles. The highest BCUT2D eigenvalue weighted by Crippen LogP contribution is 2.34. The molecule has 116 valence electrons. The van der Waals surface area contributed by atoms with Crippen LogP contribution in [0.2, 0.25) is 0 Å². The molecular formula is C13H17NO7. The molecule has 0 heterocycles. The van der Waals surface area contributed by atoms with Crippen LogP contribution in [0.5, 0.6) is 17.2 Å². The van der Waals surface area contributed by atoms with E-state index in [1.54, 1.807) is 0 Å². The van der Waals surface area contributed by atoms with Crippen molar-refractivity contribution < 1.29 is 34.0 Å². The van der Waals surface area contributed by atoms with Crippen LogP contribution in [-0.4, -0.2) is 56.1 Å². The Bertz CT molecular complexity index is 529. The molecule has 0 aromatic heterocycles. The molecule has 1 atom stereocenters. The standard InChI is InChI=1S/C13H17NO7/c1-19-9-5-11(21-3)10(20-2)4-7(9)12(16)14-8(6-15)13(17)18/h4-5,8,15H,6H2,1-3H3,(H,14,16)(H,17,18)/t8-/m0/s1. The Morgan fingerprint density at radius 2 is 1.62 bits per heavy atom. The van der Waals surface area contributed by atoms with Gasteiger partial charge in [-0.25, -0.2) is 4.79 Å². The summed E-state index contributed by atoms with van der Waals surface area (Å²) in [6.45, 7) is -0.726. The smallest absolute Gasteiger partial charge is 0.328 e. The van der Waals surface area contributed by atoms with Gasteiger partial charge in [-0.15, -0.1) is 0 Å². The zero-order chi connectivity index (χ0) is 16.0. The molecule has 1 aromatic carbocycles. The van der Waals surface area contributed by atoms with Crippen LogP contribution in [0, 0.1) is 0 Å². The van der Waals surface area contributed by atoms with Crippen molar-refractivity contribution in [2.24, 2.45) is 0 Å². The highest BCUT2D eigenvalue weighted by Gasteiger charge is 2.23. The number of methoxy groups -OCH3 is 3. The first-order valence-corrected chi connectivity index (χ1v) is 5.93. The van der Waals surface area contributed by atoms with Crippen molar-refractivity contribution in [1.29, 1.82) is 0 Å². The van der Waals surface area contributed by atoms with Gasteiger partial charge in [0, 0.05) is 12.1 Å². The maximum absolute atomic E-state index is 12.1. The fraction of sp³-hybridized carbons (Fsp3) is 0.385. The van der Waals surface area contributed by atoms with Crippen molar-refractivity contribution in [2.45, 2.75) is 6.04 Å². The van der Waals surface area contributed by atoms with E-state index >= 15 is 0 Å². The predicted octanol–water partition coefficient (Wildman–Crippen LogP) is -0.112. The van der Waals surface area contributed by atoms with Gasteiger partial charge in [0.15, 0.2) is 17.5 Å². The molecule has 0 radical (unpaired) electrons. The molecule has 8 nitrogen and oxygen atoms in total. The number of hydrogen-bond donors (Lipinski definition) is 3. The van der Waals surface area contributed by atoms with Crippen molar-refractivity contribution in [3.05, 3.63) is 17.7 Å². The average Bonchev–Trinajstić information content (AvgIpc) is 2.50. The van der Waals surface area contributed by atoms with E-state index in [0.29, 0.717) is 11.5 Å². The quantitative estimate of drug-likeness (QED) is 0.643. The first-order valence-electron chi connectivity index (χ1n) is 5.93. The average molecular weight is 299 g/mol. The Balaban J connectivity index is 3.16. The Morgan fingerprint density at radius 3 is 2.05 bits per heavy atom. The molecule has 0 aliphatic heterocycles. The maximum atomic E-state index is 12.1. The third-order valence-electron chi connectivity index (χ3n) is 2.74. The van der Waals surface area contributed by atoms with E-state index in [4.69, 9.17) is 24.4 Å². The number of carboxylic acid groups (broad SMARTS) is 1. The summed E-state index contributed by atoms with van der Waals surface area (Å²) >= 11 is 0. The number of amides is 1. The van der Waals surface area contributed by atoms with E-state index in [1.165, 1.54) is 33.5 Å². The van der Waals surface area contributed by atoms with Gasteiger partial charge in [0.05, 0.1) is 33.5 Å². The lowest BCUT2D eigenvalue weighted by molar-refractivity contribution is -0.140. The summed E-state index contributed by atoms with van der Waals surface area (Å²) in [5.74, 6) is -1.21. The third-order valence-corrected chi connectivity index (χ3v) is 2.74. The normalized spacial score (nSPS) is 11.4. The lowest BCUT2D eigenvalue weighted by Crippen LogP contribution is -2.43. The predicted molar refractivity (Wildman–Crippen MR) is 72.1 cm³/mol. The van der Waals surface area contributed by atoms with Gasteiger partial charge >= 0.3 is 5.97 Å². The SMILES string of the molecule is COc1cc(OC)c(C(=O)N[C@@H](CO)C(=O)O)cc1OC. The minimum Gasteiger partial charge on any atom is -0.496 e. The first-order chi connectivity index (χ1) is 9.98. The highest BCUT2D eigenvalue weighted by molar-refractivity contribution is 5.99. The number of aliphatic hydroxyl groups excluding tert-OH is 1.